The summed E-state index contributed by atoms with van der Waals surface area (Å²) in [6.07, 6.45) is 3.42. The minimum Gasteiger partial charge on any atom is -0.497 e. The average molecular weight is 445 g/mol. The number of anilines is 1. The molecule has 1 aliphatic rings. The second kappa shape index (κ2) is 10.9. The number of methoxy groups -OCH3 is 1. The Kier molecular flexibility index (Phi) is 7.94. The summed E-state index contributed by atoms with van der Waals surface area (Å²) < 4.78 is 5.22. The van der Waals surface area contributed by atoms with Crippen LogP contribution >= 0.6 is 11.6 Å². The monoisotopic (exact) mass is 444 g/mol. The number of nitrogens with zero attached hydrogens (tertiary/aromatic N) is 5. The summed E-state index contributed by atoms with van der Waals surface area (Å²) in [4.78, 5) is 26.9. The van der Waals surface area contributed by atoms with Gasteiger partial charge in [0.25, 0.3) is 0 Å². The largest absolute Gasteiger partial charge is 0.497 e. The quantitative estimate of drug-likeness (QED) is 0.543. The van der Waals surface area contributed by atoms with Gasteiger partial charge in [-0.3, -0.25) is 9.78 Å². The molecule has 0 saturated carbocycles. The standard InChI is InChI=1S/C22H29ClN6O2/c1-27(2)21(30)16-26-22(25-14-17-4-6-18(31-3)7-5-17)29-12-10-28(11-13-29)20-8-9-24-15-19(20)23/h4-9,15H,10-14,16H2,1-3H3,(H,25,26). The van der Waals surface area contributed by atoms with Crippen LogP contribution in [0, 0.1) is 0 Å². The number of nitrogens with one attached hydrogen (secondary N) is 1. The summed E-state index contributed by atoms with van der Waals surface area (Å²) >= 11 is 6.30. The minimum absolute atomic E-state index is 0.000601. The molecule has 1 N–H and O–H groups in total. The first-order valence-electron chi connectivity index (χ1n) is 10.2. The average Bonchev–Trinajstić information content (AvgIpc) is 2.80. The predicted octanol–water partition coefficient (Wildman–Crippen LogP) is 2.10. The Bertz CT molecular complexity index is 895. The molecule has 1 amide bonds. The van der Waals surface area contributed by atoms with Crippen LogP contribution in [0.25, 0.3) is 0 Å². The van der Waals surface area contributed by atoms with Crippen molar-refractivity contribution in [3.8, 4) is 5.75 Å². The molecule has 0 aliphatic carbocycles. The van der Waals surface area contributed by atoms with E-state index in [4.69, 9.17) is 21.3 Å². The fourth-order valence-corrected chi connectivity index (χ4v) is 3.50. The van der Waals surface area contributed by atoms with Gasteiger partial charge in [0.05, 0.1) is 30.9 Å². The van der Waals surface area contributed by atoms with Gasteiger partial charge in [-0.25, -0.2) is 4.99 Å². The Morgan fingerprint density at radius 2 is 1.90 bits per heavy atom. The third kappa shape index (κ3) is 6.24. The smallest absolute Gasteiger partial charge is 0.241 e. The first kappa shape index (κ1) is 22.7. The Hall–Kier alpha value is -3.00. The van der Waals surface area contributed by atoms with Crippen LogP contribution < -0.4 is 15.0 Å². The Morgan fingerprint density at radius 1 is 1.19 bits per heavy atom. The van der Waals surface area contributed by atoms with Crippen LogP contribution in [0.2, 0.25) is 5.02 Å². The number of aliphatic imine (C=N–C) groups is 1. The van der Waals surface area contributed by atoms with Gasteiger partial charge in [0, 0.05) is 52.7 Å². The van der Waals surface area contributed by atoms with E-state index >= 15 is 0 Å². The molecule has 1 aromatic heterocycles. The van der Waals surface area contributed by atoms with Crippen LogP contribution in [0.15, 0.2) is 47.7 Å². The molecule has 0 spiro atoms. The lowest BCUT2D eigenvalue weighted by Gasteiger charge is -2.38. The number of hydrogen-bond donors (Lipinski definition) is 1. The molecular formula is C22H29ClN6O2. The van der Waals surface area contributed by atoms with Gasteiger partial charge in [-0.15, -0.1) is 0 Å². The van der Waals surface area contributed by atoms with E-state index in [1.807, 2.05) is 30.3 Å². The van der Waals surface area contributed by atoms with Crippen LogP contribution in [0.1, 0.15) is 5.56 Å². The molecule has 9 heteroatoms. The van der Waals surface area contributed by atoms with Gasteiger partial charge < -0.3 is 24.8 Å². The SMILES string of the molecule is COc1ccc(CN=C(NCC(=O)N(C)C)N2CCN(c3ccncc3Cl)CC2)cc1. The molecule has 3 rings (SSSR count). The van der Waals surface area contributed by atoms with Crippen LogP contribution in [0.5, 0.6) is 5.75 Å². The van der Waals surface area contributed by atoms with Gasteiger partial charge >= 0.3 is 0 Å². The molecule has 0 radical (unpaired) electrons. The summed E-state index contributed by atoms with van der Waals surface area (Å²) in [6.45, 7) is 3.85. The maximum Gasteiger partial charge on any atom is 0.241 e. The number of aromatic nitrogens is 1. The molecule has 31 heavy (non-hydrogen) atoms. The number of likely N-dealkylation sites (N-methyl/N-ethyl adjacent to an activating group) is 1. The number of rotatable bonds is 6. The van der Waals surface area contributed by atoms with Crippen molar-refractivity contribution in [3.05, 3.63) is 53.3 Å². The van der Waals surface area contributed by atoms with E-state index in [1.165, 1.54) is 0 Å². The maximum absolute atomic E-state index is 12.1. The van der Waals surface area contributed by atoms with E-state index in [-0.39, 0.29) is 12.5 Å². The first-order valence-corrected chi connectivity index (χ1v) is 10.6. The number of pyridine rings is 1. The molecule has 166 valence electrons. The summed E-state index contributed by atoms with van der Waals surface area (Å²) in [7, 11) is 5.14. The van der Waals surface area contributed by atoms with Crippen molar-refractivity contribution in [2.45, 2.75) is 6.54 Å². The predicted molar refractivity (Wildman–Crippen MR) is 124 cm³/mol. The van der Waals surface area contributed by atoms with Crippen LogP contribution in [-0.4, -0.2) is 80.6 Å². The third-order valence-electron chi connectivity index (χ3n) is 5.14. The van der Waals surface area contributed by atoms with Crippen molar-refractivity contribution >= 4 is 29.2 Å². The number of ether oxygens (including phenoxy) is 1. The van der Waals surface area contributed by atoms with Gasteiger partial charge in [-0.1, -0.05) is 23.7 Å². The van der Waals surface area contributed by atoms with Gasteiger partial charge in [0.15, 0.2) is 5.96 Å². The zero-order chi connectivity index (χ0) is 22.2. The summed E-state index contributed by atoms with van der Waals surface area (Å²) in [5, 5.41) is 3.89. The van der Waals surface area contributed by atoms with Gasteiger partial charge in [-0.05, 0) is 23.8 Å². The normalized spacial score (nSPS) is 14.4. The minimum atomic E-state index is -0.000601. The number of piperazine rings is 1. The van der Waals surface area contributed by atoms with Crippen molar-refractivity contribution in [1.82, 2.24) is 20.1 Å². The molecule has 2 heterocycles. The van der Waals surface area contributed by atoms with Crippen molar-refractivity contribution < 1.29 is 9.53 Å². The third-order valence-corrected chi connectivity index (χ3v) is 5.43. The van der Waals surface area contributed by atoms with Gasteiger partial charge in [0.2, 0.25) is 5.91 Å². The molecule has 0 bridgehead atoms. The van der Waals surface area contributed by atoms with E-state index in [0.29, 0.717) is 11.6 Å². The number of halogens is 1. The number of hydrogen-bond acceptors (Lipinski definition) is 5. The maximum atomic E-state index is 12.1. The fraction of sp³-hybridized carbons (Fsp3) is 0.409. The molecule has 2 aromatic rings. The zero-order valence-electron chi connectivity index (χ0n) is 18.2. The summed E-state index contributed by atoms with van der Waals surface area (Å²) in [5.41, 5.74) is 2.06. The lowest BCUT2D eigenvalue weighted by atomic mass is 10.2. The molecule has 0 unspecified atom stereocenters. The molecule has 1 saturated heterocycles. The zero-order valence-corrected chi connectivity index (χ0v) is 19.0. The molecule has 1 aromatic carbocycles. The van der Waals surface area contributed by atoms with E-state index in [2.05, 4.69) is 20.1 Å². The highest BCUT2D eigenvalue weighted by atomic mass is 35.5. The molecule has 0 atom stereocenters. The molecule has 1 fully saturated rings. The highest BCUT2D eigenvalue weighted by Gasteiger charge is 2.22. The van der Waals surface area contributed by atoms with Crippen molar-refractivity contribution in [3.63, 3.8) is 0 Å². The number of carbonyl (C=O) groups is 1. The van der Waals surface area contributed by atoms with E-state index < -0.39 is 0 Å². The lowest BCUT2D eigenvalue weighted by molar-refractivity contribution is -0.127. The Balaban J connectivity index is 1.68. The van der Waals surface area contributed by atoms with E-state index in [9.17, 15) is 4.79 Å². The number of amides is 1. The molecule has 1 aliphatic heterocycles. The lowest BCUT2D eigenvalue weighted by Crippen LogP contribution is -2.53. The van der Waals surface area contributed by atoms with Crippen molar-refractivity contribution in [1.29, 1.82) is 0 Å². The Labute approximate surface area is 188 Å². The van der Waals surface area contributed by atoms with Crippen molar-refractivity contribution in [2.24, 2.45) is 4.99 Å². The molecule has 8 nitrogen and oxygen atoms in total. The van der Waals surface area contributed by atoms with E-state index in [1.54, 1.807) is 38.5 Å². The molecular weight excluding hydrogens is 416 g/mol. The van der Waals surface area contributed by atoms with Crippen LogP contribution in [0.4, 0.5) is 5.69 Å². The number of guanidine groups is 1. The number of benzene rings is 1. The first-order chi connectivity index (χ1) is 15.0. The highest BCUT2D eigenvalue weighted by Crippen LogP contribution is 2.25. The second-order valence-electron chi connectivity index (χ2n) is 7.43. The summed E-state index contributed by atoms with van der Waals surface area (Å²) in [6, 6.07) is 9.77. The Morgan fingerprint density at radius 3 is 2.52 bits per heavy atom. The van der Waals surface area contributed by atoms with Crippen molar-refractivity contribution in [2.75, 3.05) is 58.8 Å². The fourth-order valence-electron chi connectivity index (χ4n) is 3.26. The van der Waals surface area contributed by atoms with Gasteiger partial charge in [0.1, 0.15) is 5.75 Å². The van der Waals surface area contributed by atoms with Crippen LogP contribution in [-0.2, 0) is 11.3 Å². The number of carbonyl (C=O) groups excluding carboxylic acids is 1. The highest BCUT2D eigenvalue weighted by molar-refractivity contribution is 6.33. The van der Waals surface area contributed by atoms with E-state index in [0.717, 1.165) is 49.1 Å². The van der Waals surface area contributed by atoms with Gasteiger partial charge in [-0.2, -0.15) is 0 Å². The topological polar surface area (TPSA) is 73.3 Å². The summed E-state index contributed by atoms with van der Waals surface area (Å²) in [5.74, 6) is 1.54. The second-order valence-corrected chi connectivity index (χ2v) is 7.84. The van der Waals surface area contributed by atoms with Crippen LogP contribution in [0.3, 0.4) is 0 Å².